The minimum Gasteiger partial charge on any atom is -0.462 e. The smallest absolute Gasteiger partial charge is 0.319 e. The lowest BCUT2D eigenvalue weighted by Crippen LogP contribution is -2.38. The van der Waals surface area contributed by atoms with E-state index in [1.54, 1.807) is 0 Å². The van der Waals surface area contributed by atoms with Crippen molar-refractivity contribution in [3.05, 3.63) is 35.3 Å². The number of nitrogen functional groups attached to an aromatic ring is 1. The predicted octanol–water partition coefficient (Wildman–Crippen LogP) is 4.82. The first-order valence-electron chi connectivity index (χ1n) is 13.9. The highest BCUT2D eigenvalue weighted by molar-refractivity contribution is 7.23. The van der Waals surface area contributed by atoms with Crippen LogP contribution in [-0.4, -0.2) is 65.2 Å². The van der Waals surface area contributed by atoms with Crippen LogP contribution in [0.25, 0.3) is 32.2 Å². The average Bonchev–Trinajstić information content (AvgIpc) is 3.57. The third kappa shape index (κ3) is 5.76. The fourth-order valence-electron chi connectivity index (χ4n) is 5.41. The summed E-state index contributed by atoms with van der Waals surface area (Å²) in [7, 11) is 2.01. The van der Waals surface area contributed by atoms with Crippen LogP contribution in [0.3, 0.4) is 0 Å². The lowest BCUT2D eigenvalue weighted by atomic mass is 10.0. The van der Waals surface area contributed by atoms with E-state index in [4.69, 9.17) is 22.6 Å². The van der Waals surface area contributed by atoms with Crippen LogP contribution < -0.4 is 21.1 Å². The number of likely N-dealkylation sites (N-methyl/N-ethyl adjacent to an activating group) is 2. The Kier molecular flexibility index (Phi) is 8.87. The number of nitrogens with two attached hydrogens (primary N) is 2. The highest BCUT2D eigenvalue weighted by Crippen LogP contribution is 2.43. The number of likely N-dealkylation sites (tertiary alicyclic amines) is 1. The van der Waals surface area contributed by atoms with E-state index in [2.05, 4.69) is 25.8 Å². The number of terminal acetylenes is 1. The molecule has 0 amide bonds. The summed E-state index contributed by atoms with van der Waals surface area (Å²) < 4.78 is 51.8. The zero-order valence-electron chi connectivity index (χ0n) is 23.8. The van der Waals surface area contributed by atoms with Crippen LogP contribution in [0.4, 0.5) is 24.0 Å². The molecule has 9 nitrogen and oxygen atoms in total. The van der Waals surface area contributed by atoms with Gasteiger partial charge < -0.3 is 26.0 Å². The molecule has 0 bridgehead atoms. The van der Waals surface area contributed by atoms with Gasteiger partial charge in [0.2, 0.25) is 0 Å². The summed E-state index contributed by atoms with van der Waals surface area (Å²) in [6.45, 7) is 4.02. The molecule has 43 heavy (non-hydrogen) atoms. The highest BCUT2D eigenvalue weighted by Gasteiger charge is 2.27. The van der Waals surface area contributed by atoms with Crippen molar-refractivity contribution in [3.63, 3.8) is 0 Å². The molecular weight excluding hydrogens is 577 g/mol. The molecule has 1 fully saturated rings. The lowest BCUT2D eigenvalue weighted by Gasteiger charge is -2.27. The number of rotatable bonds is 10. The van der Waals surface area contributed by atoms with E-state index in [1.807, 2.05) is 24.9 Å². The number of nitriles is 1. The summed E-state index contributed by atoms with van der Waals surface area (Å²) in [6.07, 6.45) is 9.87. The van der Waals surface area contributed by atoms with E-state index >= 15 is 4.39 Å². The van der Waals surface area contributed by atoms with Crippen molar-refractivity contribution in [2.75, 3.05) is 43.9 Å². The minimum absolute atomic E-state index is 0.0126. The first-order chi connectivity index (χ1) is 20.7. The fraction of sp³-hybridized carbons (Fsp3) is 0.400. The van der Waals surface area contributed by atoms with Crippen LogP contribution in [0.1, 0.15) is 38.2 Å². The molecule has 0 spiro atoms. The molecule has 13 heteroatoms. The molecule has 1 aliphatic rings. The van der Waals surface area contributed by atoms with Crippen LogP contribution in [0.15, 0.2) is 12.3 Å². The number of benzene rings is 1. The molecular formula is C30H31F3N8OS. The van der Waals surface area contributed by atoms with Crippen molar-refractivity contribution in [1.29, 1.82) is 5.26 Å². The summed E-state index contributed by atoms with van der Waals surface area (Å²) in [5.41, 5.74) is 11.6. The number of hydrogen-bond donors (Lipinski definition) is 2. The maximum atomic E-state index is 16.5. The Labute approximate surface area is 251 Å². The van der Waals surface area contributed by atoms with Gasteiger partial charge in [0.25, 0.3) is 0 Å². The average molecular weight is 609 g/mol. The Morgan fingerprint density at radius 2 is 2.09 bits per heavy atom. The number of aromatic nitrogens is 3. The van der Waals surface area contributed by atoms with Gasteiger partial charge in [-0.25, -0.2) is 13.2 Å². The summed E-state index contributed by atoms with van der Waals surface area (Å²) in [5.74, 6) is -0.343. The fourth-order valence-corrected chi connectivity index (χ4v) is 6.38. The van der Waals surface area contributed by atoms with Gasteiger partial charge in [0.1, 0.15) is 34.7 Å². The number of fused-ring (bicyclic) bond motifs is 2. The van der Waals surface area contributed by atoms with Crippen LogP contribution in [0.2, 0.25) is 0 Å². The summed E-state index contributed by atoms with van der Waals surface area (Å²) in [5, 5.41) is 9.96. The van der Waals surface area contributed by atoms with E-state index in [9.17, 15) is 14.0 Å². The number of hydrogen-bond acceptors (Lipinski definition) is 10. The van der Waals surface area contributed by atoms with Gasteiger partial charge in [-0.1, -0.05) is 0 Å². The SMILES string of the molecule is C#CCCC(N)CN(CC)c1nc(OC[C@@H]2CCCN2C)nc2c(F)c(-c3cc(F)c(F)c4sc(N)c(C#N)c34)ncc12. The number of ether oxygens (including phenoxy) is 1. The molecule has 4 heterocycles. The van der Waals surface area contributed by atoms with E-state index in [0.29, 0.717) is 49.7 Å². The van der Waals surface area contributed by atoms with Crippen LogP contribution in [0, 0.1) is 41.1 Å². The van der Waals surface area contributed by atoms with Gasteiger partial charge in [-0.3, -0.25) is 4.98 Å². The van der Waals surface area contributed by atoms with Gasteiger partial charge in [0.15, 0.2) is 17.5 Å². The Morgan fingerprint density at radius 1 is 1.30 bits per heavy atom. The molecule has 1 unspecified atom stereocenters. The quantitative estimate of drug-likeness (QED) is 0.244. The summed E-state index contributed by atoms with van der Waals surface area (Å²) in [4.78, 5) is 17.4. The monoisotopic (exact) mass is 608 g/mol. The van der Waals surface area contributed by atoms with Crippen molar-refractivity contribution in [2.24, 2.45) is 5.73 Å². The maximum Gasteiger partial charge on any atom is 0.319 e. The van der Waals surface area contributed by atoms with Gasteiger partial charge in [0.05, 0.1) is 15.6 Å². The maximum absolute atomic E-state index is 16.5. The molecule has 4 aromatic rings. The van der Waals surface area contributed by atoms with Gasteiger partial charge in [-0.15, -0.1) is 23.7 Å². The van der Waals surface area contributed by atoms with Crippen molar-refractivity contribution >= 4 is 43.1 Å². The summed E-state index contributed by atoms with van der Waals surface area (Å²) in [6, 6.07) is 2.58. The van der Waals surface area contributed by atoms with Crippen LogP contribution >= 0.6 is 11.3 Å². The molecule has 0 saturated carbocycles. The first-order valence-corrected chi connectivity index (χ1v) is 14.7. The Hall–Kier alpha value is -4.17. The normalized spacial score (nSPS) is 16.0. The molecule has 0 aliphatic carbocycles. The van der Waals surface area contributed by atoms with Gasteiger partial charge in [-0.05, 0) is 45.8 Å². The molecule has 3 aromatic heterocycles. The summed E-state index contributed by atoms with van der Waals surface area (Å²) >= 11 is 0.714. The second-order valence-corrected chi connectivity index (χ2v) is 11.6. The molecule has 5 rings (SSSR count). The van der Waals surface area contributed by atoms with Gasteiger partial charge in [0, 0.05) is 48.7 Å². The second-order valence-electron chi connectivity index (χ2n) is 10.5. The van der Waals surface area contributed by atoms with Crippen LogP contribution in [0.5, 0.6) is 6.01 Å². The predicted molar refractivity (Wildman–Crippen MR) is 162 cm³/mol. The van der Waals surface area contributed by atoms with E-state index in [0.717, 1.165) is 25.5 Å². The second kappa shape index (κ2) is 12.6. The van der Waals surface area contributed by atoms with Gasteiger partial charge >= 0.3 is 6.01 Å². The van der Waals surface area contributed by atoms with E-state index < -0.39 is 17.5 Å². The number of anilines is 2. The van der Waals surface area contributed by atoms with Crippen LogP contribution in [-0.2, 0) is 0 Å². The molecule has 0 radical (unpaired) electrons. The molecule has 1 saturated heterocycles. The topological polar surface area (TPSA) is 130 Å². The van der Waals surface area contributed by atoms with Crippen molar-refractivity contribution in [1.82, 2.24) is 19.9 Å². The minimum atomic E-state index is -1.22. The Bertz CT molecular complexity index is 1770. The third-order valence-corrected chi connectivity index (χ3v) is 8.78. The first kappa shape index (κ1) is 30.3. The highest BCUT2D eigenvalue weighted by atomic mass is 32.1. The largest absolute Gasteiger partial charge is 0.462 e. The van der Waals surface area contributed by atoms with E-state index in [-0.39, 0.29) is 60.9 Å². The molecule has 1 aliphatic heterocycles. The molecule has 2 atom stereocenters. The Balaban J connectivity index is 1.68. The van der Waals surface area contributed by atoms with Crippen molar-refractivity contribution in [2.45, 2.75) is 44.7 Å². The Morgan fingerprint density at radius 3 is 2.77 bits per heavy atom. The number of pyridine rings is 1. The third-order valence-electron chi connectivity index (χ3n) is 7.77. The standard InChI is InChI=1S/C30H31F3N8OS/c1-4-6-8-16(35)14-41(5-2)29-20-13-37-25(18-11-21(31)23(32)27-22(18)19(12-34)28(36)43-27)24(33)26(20)38-30(39-29)42-15-17-9-7-10-40(17)3/h1,11,13,16-17H,5-10,14-15,35-36H2,2-3H3/t16?,17-/m0/s1. The number of thiophene rings is 1. The zero-order chi connectivity index (χ0) is 30.8. The molecule has 224 valence electrons. The van der Waals surface area contributed by atoms with E-state index in [1.165, 1.54) is 6.20 Å². The number of nitrogens with zero attached hydrogens (tertiary/aromatic N) is 6. The van der Waals surface area contributed by atoms with Crippen molar-refractivity contribution < 1.29 is 17.9 Å². The lowest BCUT2D eigenvalue weighted by molar-refractivity contribution is 0.188. The van der Waals surface area contributed by atoms with Crippen molar-refractivity contribution in [3.8, 4) is 35.7 Å². The zero-order valence-corrected chi connectivity index (χ0v) is 24.6. The van der Waals surface area contributed by atoms with Gasteiger partial charge in [-0.2, -0.15) is 15.2 Å². The number of halogens is 3. The molecule has 4 N–H and O–H groups in total. The molecule has 1 aromatic carbocycles.